The molecule has 12 heavy (non-hydrogen) atoms. The van der Waals surface area contributed by atoms with Crippen LogP contribution in [0, 0.1) is 0 Å². The molecule has 2 aliphatic rings. The topological polar surface area (TPSA) is 69.7 Å². The molecule has 2 heterocycles. The molecule has 2 atom stereocenters. The van der Waals surface area contributed by atoms with Crippen molar-refractivity contribution in [3.63, 3.8) is 0 Å². The van der Waals surface area contributed by atoms with Crippen molar-refractivity contribution in [3.05, 3.63) is 0 Å². The third-order valence-corrected chi connectivity index (χ3v) is 1.96. The molecule has 2 aliphatic heterocycles. The number of hydrogen-bond donors (Lipinski definition) is 0. The number of carbonyl (C=O) groups excluding carboxylic acids is 2. The Morgan fingerprint density at radius 2 is 2.33 bits per heavy atom. The number of fused-ring (bicyclic) bond motifs is 1. The van der Waals surface area contributed by atoms with Crippen LogP contribution in [0.15, 0.2) is 0 Å². The Bertz CT molecular complexity index is 232. The standard InChI is InChI=1S/C6H7NO4.Na/c8-4-1-5-7(4)2-3(11-5)6(9)10;/h3,5H,1-2H2,(H,9,10);/q;+1/p-1/t3-,5-;/m0./s1. The maximum absolute atomic E-state index is 10.7. The zero-order valence-electron chi connectivity index (χ0n) is 6.65. The van der Waals surface area contributed by atoms with Crippen molar-refractivity contribution < 1.29 is 49.0 Å². The number of aliphatic carboxylic acids is 1. The van der Waals surface area contributed by atoms with Crippen molar-refractivity contribution in [1.29, 1.82) is 0 Å². The van der Waals surface area contributed by atoms with Gasteiger partial charge in [-0.1, -0.05) is 0 Å². The van der Waals surface area contributed by atoms with E-state index in [1.807, 2.05) is 0 Å². The van der Waals surface area contributed by atoms with Gasteiger partial charge in [0.25, 0.3) is 0 Å². The largest absolute Gasteiger partial charge is 1.00 e. The number of β-lactam (4-membered cyclic amide) rings is 1. The van der Waals surface area contributed by atoms with Gasteiger partial charge >= 0.3 is 29.6 Å². The first-order valence-corrected chi connectivity index (χ1v) is 3.34. The van der Waals surface area contributed by atoms with Crippen LogP contribution >= 0.6 is 0 Å². The molecule has 0 unspecified atom stereocenters. The number of carboxylic acids is 1. The number of rotatable bonds is 1. The van der Waals surface area contributed by atoms with Gasteiger partial charge in [-0.2, -0.15) is 0 Å². The first-order chi connectivity index (χ1) is 5.18. The Kier molecular flexibility index (Phi) is 2.77. The molecule has 0 aromatic carbocycles. The van der Waals surface area contributed by atoms with Crippen LogP contribution in [0.1, 0.15) is 6.42 Å². The number of carbonyl (C=O) groups is 2. The van der Waals surface area contributed by atoms with Gasteiger partial charge in [0.15, 0.2) is 0 Å². The van der Waals surface area contributed by atoms with E-state index < -0.39 is 12.1 Å². The summed E-state index contributed by atoms with van der Waals surface area (Å²) in [5, 5.41) is 10.3. The number of hydrogen-bond acceptors (Lipinski definition) is 4. The maximum atomic E-state index is 10.7. The van der Waals surface area contributed by atoms with E-state index in [-0.39, 0.29) is 48.2 Å². The predicted octanol–water partition coefficient (Wildman–Crippen LogP) is -5.30. The predicted molar refractivity (Wildman–Crippen MR) is 30.0 cm³/mol. The van der Waals surface area contributed by atoms with E-state index in [9.17, 15) is 14.7 Å². The van der Waals surface area contributed by atoms with E-state index in [0.29, 0.717) is 6.42 Å². The summed E-state index contributed by atoms with van der Waals surface area (Å²) in [4.78, 5) is 22.4. The molecule has 0 bridgehead atoms. The number of amides is 1. The van der Waals surface area contributed by atoms with E-state index in [4.69, 9.17) is 4.74 Å². The van der Waals surface area contributed by atoms with Crippen LogP contribution in [0.2, 0.25) is 0 Å². The SMILES string of the molecule is O=C([O-])[C@@H]1CN2C(=O)C[C@@H]2O1.[Na+]. The second-order valence-electron chi connectivity index (χ2n) is 2.65. The summed E-state index contributed by atoms with van der Waals surface area (Å²) in [6.45, 7) is 0.145. The van der Waals surface area contributed by atoms with Crippen molar-refractivity contribution in [1.82, 2.24) is 4.90 Å². The van der Waals surface area contributed by atoms with Crippen LogP contribution in [0.25, 0.3) is 0 Å². The van der Waals surface area contributed by atoms with E-state index in [1.165, 1.54) is 4.90 Å². The van der Waals surface area contributed by atoms with Crippen molar-refractivity contribution in [3.8, 4) is 0 Å². The molecule has 0 radical (unpaired) electrons. The fourth-order valence-electron chi connectivity index (χ4n) is 1.31. The second kappa shape index (κ2) is 3.33. The minimum Gasteiger partial charge on any atom is -0.547 e. The molecule has 2 saturated heterocycles. The molecule has 0 aromatic heterocycles. The number of carboxylic acid groups (broad SMARTS) is 1. The summed E-state index contributed by atoms with van der Waals surface area (Å²) >= 11 is 0. The fraction of sp³-hybridized carbons (Fsp3) is 0.667. The number of nitrogens with zero attached hydrogens (tertiary/aromatic N) is 1. The molecular weight excluding hydrogens is 173 g/mol. The molecule has 5 nitrogen and oxygen atoms in total. The zero-order valence-corrected chi connectivity index (χ0v) is 8.65. The van der Waals surface area contributed by atoms with Crippen LogP contribution in [0.3, 0.4) is 0 Å². The Hall–Kier alpha value is -0.100. The fourth-order valence-corrected chi connectivity index (χ4v) is 1.31. The third-order valence-electron chi connectivity index (χ3n) is 1.96. The normalized spacial score (nSPS) is 32.0. The Morgan fingerprint density at radius 1 is 1.67 bits per heavy atom. The Balaban J connectivity index is 0.000000720. The molecule has 1 amide bonds. The van der Waals surface area contributed by atoms with Crippen LogP contribution in [-0.4, -0.2) is 35.7 Å². The van der Waals surface area contributed by atoms with Crippen molar-refractivity contribution in [2.75, 3.05) is 6.54 Å². The average molecular weight is 179 g/mol. The van der Waals surface area contributed by atoms with Gasteiger partial charge in [0.05, 0.1) is 18.9 Å². The van der Waals surface area contributed by atoms with Gasteiger partial charge in [0.1, 0.15) is 12.3 Å². The monoisotopic (exact) mass is 179 g/mol. The summed E-state index contributed by atoms with van der Waals surface area (Å²) in [6.07, 6.45) is -0.916. The van der Waals surface area contributed by atoms with E-state index in [1.54, 1.807) is 0 Å². The summed E-state index contributed by atoms with van der Waals surface area (Å²) in [5.74, 6) is -1.29. The zero-order chi connectivity index (χ0) is 8.01. The van der Waals surface area contributed by atoms with Crippen molar-refractivity contribution in [2.24, 2.45) is 0 Å². The molecule has 2 rings (SSSR count). The Morgan fingerprint density at radius 3 is 2.75 bits per heavy atom. The smallest absolute Gasteiger partial charge is 0.547 e. The minimum absolute atomic E-state index is 0. The summed E-state index contributed by atoms with van der Waals surface area (Å²) in [5.41, 5.74) is 0. The van der Waals surface area contributed by atoms with Gasteiger partial charge < -0.3 is 19.5 Å². The molecule has 60 valence electrons. The van der Waals surface area contributed by atoms with Crippen molar-refractivity contribution >= 4 is 11.9 Å². The maximum Gasteiger partial charge on any atom is 1.00 e. The van der Waals surface area contributed by atoms with E-state index in [0.717, 1.165) is 0 Å². The van der Waals surface area contributed by atoms with Gasteiger partial charge in [0, 0.05) is 0 Å². The molecule has 0 spiro atoms. The number of ether oxygens (including phenoxy) is 1. The Labute approximate surface area is 91.0 Å². The molecular formula is C6H6NNaO4. The molecule has 0 saturated carbocycles. The van der Waals surface area contributed by atoms with Gasteiger partial charge in [0.2, 0.25) is 5.91 Å². The van der Waals surface area contributed by atoms with Gasteiger partial charge in [-0.3, -0.25) is 4.79 Å². The first kappa shape index (κ1) is 9.98. The van der Waals surface area contributed by atoms with Crippen LogP contribution in [-0.2, 0) is 14.3 Å². The summed E-state index contributed by atoms with van der Waals surface area (Å²) in [6, 6.07) is 0. The molecule has 6 heteroatoms. The van der Waals surface area contributed by atoms with Gasteiger partial charge in [-0.25, -0.2) is 0 Å². The summed E-state index contributed by atoms with van der Waals surface area (Å²) in [7, 11) is 0. The minimum atomic E-state index is -1.24. The quantitative estimate of drug-likeness (QED) is 0.298. The van der Waals surface area contributed by atoms with Crippen LogP contribution in [0.5, 0.6) is 0 Å². The third kappa shape index (κ3) is 1.37. The molecule has 0 N–H and O–H groups in total. The molecule has 2 fully saturated rings. The molecule has 0 aliphatic carbocycles. The van der Waals surface area contributed by atoms with Crippen molar-refractivity contribution in [2.45, 2.75) is 18.8 Å². The van der Waals surface area contributed by atoms with E-state index in [2.05, 4.69) is 0 Å². The summed E-state index contributed by atoms with van der Waals surface area (Å²) < 4.78 is 4.94. The van der Waals surface area contributed by atoms with E-state index >= 15 is 0 Å². The van der Waals surface area contributed by atoms with Gasteiger partial charge in [-0.05, 0) is 0 Å². The van der Waals surface area contributed by atoms with Gasteiger partial charge in [-0.15, -0.1) is 0 Å². The average Bonchev–Trinajstić information content (AvgIpc) is 2.26. The molecule has 0 aromatic rings. The second-order valence-corrected chi connectivity index (χ2v) is 2.65. The first-order valence-electron chi connectivity index (χ1n) is 3.34. The van der Waals surface area contributed by atoms with Crippen LogP contribution < -0.4 is 34.7 Å². The van der Waals surface area contributed by atoms with Crippen LogP contribution in [0.4, 0.5) is 0 Å².